The van der Waals surface area contributed by atoms with Crippen molar-refractivity contribution in [3.05, 3.63) is 60.2 Å². The Labute approximate surface area is 171 Å². The maximum atomic E-state index is 10.7. The molecule has 1 atom stereocenters. The van der Waals surface area contributed by atoms with Crippen LogP contribution in [0.4, 0.5) is 0 Å². The molecule has 0 aromatic heterocycles. The van der Waals surface area contributed by atoms with Gasteiger partial charge in [-0.1, -0.05) is 37.3 Å². The van der Waals surface area contributed by atoms with Crippen molar-refractivity contribution in [1.29, 1.82) is 0 Å². The van der Waals surface area contributed by atoms with Crippen molar-refractivity contribution in [2.24, 2.45) is 10.7 Å². The number of carbonyl (C=O) groups excluding carboxylic acids is 1. The van der Waals surface area contributed by atoms with E-state index < -0.39 is 5.91 Å². The highest BCUT2D eigenvalue weighted by molar-refractivity contribution is 8.00. The minimum Gasteiger partial charge on any atom is -0.484 e. The fourth-order valence-corrected chi connectivity index (χ4v) is 3.41. The summed E-state index contributed by atoms with van der Waals surface area (Å²) in [4.78, 5) is 16.3. The molecule has 0 saturated carbocycles. The van der Waals surface area contributed by atoms with Crippen molar-refractivity contribution in [1.82, 2.24) is 10.6 Å². The minimum atomic E-state index is -0.483. The first-order chi connectivity index (χ1) is 13.6. The number of hydrogen-bond donors (Lipinski definition) is 3. The van der Waals surface area contributed by atoms with Crippen molar-refractivity contribution in [2.45, 2.75) is 23.5 Å². The van der Waals surface area contributed by atoms with Crippen LogP contribution in [0.1, 0.15) is 12.5 Å². The Kier molecular flexibility index (Phi) is 9.21. The number of rotatable bonds is 10. The first kappa shape index (κ1) is 21.6. The van der Waals surface area contributed by atoms with E-state index in [4.69, 9.17) is 10.5 Å². The predicted octanol–water partition coefficient (Wildman–Crippen LogP) is 2.44. The zero-order chi connectivity index (χ0) is 20.2. The van der Waals surface area contributed by atoms with E-state index in [0.29, 0.717) is 11.0 Å². The number of ether oxygens (including phenoxy) is 1. The van der Waals surface area contributed by atoms with Crippen molar-refractivity contribution in [3.8, 4) is 5.75 Å². The number of amides is 1. The summed E-state index contributed by atoms with van der Waals surface area (Å²) < 4.78 is 5.26. The average molecular weight is 401 g/mol. The summed E-state index contributed by atoms with van der Waals surface area (Å²) in [6, 6.07) is 18.0. The Morgan fingerprint density at radius 3 is 2.50 bits per heavy atom. The summed E-state index contributed by atoms with van der Waals surface area (Å²) in [5.41, 5.74) is 6.24. The number of thioether (sulfide) groups is 1. The molecule has 0 heterocycles. The summed E-state index contributed by atoms with van der Waals surface area (Å²) >= 11 is 1.84. The number of benzene rings is 2. The van der Waals surface area contributed by atoms with Gasteiger partial charge in [-0.15, -0.1) is 11.8 Å². The topological polar surface area (TPSA) is 88.7 Å². The van der Waals surface area contributed by atoms with Crippen LogP contribution in [-0.4, -0.2) is 43.9 Å². The second kappa shape index (κ2) is 11.9. The third-order valence-electron chi connectivity index (χ3n) is 3.87. The maximum Gasteiger partial charge on any atom is 0.255 e. The number of primary amides is 1. The van der Waals surface area contributed by atoms with E-state index >= 15 is 0 Å². The van der Waals surface area contributed by atoms with Crippen LogP contribution in [0.3, 0.4) is 0 Å². The smallest absolute Gasteiger partial charge is 0.255 e. The molecule has 0 aliphatic carbocycles. The molecule has 4 N–H and O–H groups in total. The molecule has 0 saturated heterocycles. The first-order valence-corrected chi connectivity index (χ1v) is 10.1. The molecule has 7 heteroatoms. The largest absolute Gasteiger partial charge is 0.484 e. The lowest BCUT2D eigenvalue weighted by Crippen LogP contribution is -2.40. The van der Waals surface area contributed by atoms with Crippen molar-refractivity contribution >= 4 is 23.6 Å². The van der Waals surface area contributed by atoms with Gasteiger partial charge in [-0.25, -0.2) is 0 Å². The molecule has 0 aliphatic rings. The van der Waals surface area contributed by atoms with E-state index in [2.05, 4.69) is 46.8 Å². The molecular weight excluding hydrogens is 372 g/mol. The van der Waals surface area contributed by atoms with E-state index in [1.807, 2.05) is 42.1 Å². The quantitative estimate of drug-likeness (QED) is 0.324. The van der Waals surface area contributed by atoms with Gasteiger partial charge in [0.2, 0.25) is 0 Å². The molecule has 2 aromatic rings. The van der Waals surface area contributed by atoms with E-state index in [1.165, 1.54) is 10.5 Å². The summed E-state index contributed by atoms with van der Waals surface area (Å²) in [5, 5.41) is 7.12. The maximum absolute atomic E-state index is 10.7. The van der Waals surface area contributed by atoms with Crippen molar-refractivity contribution < 1.29 is 9.53 Å². The Morgan fingerprint density at radius 2 is 1.86 bits per heavy atom. The molecule has 0 aliphatic heterocycles. The molecule has 1 unspecified atom stereocenters. The summed E-state index contributed by atoms with van der Waals surface area (Å²) in [5.74, 6) is 0.948. The number of carbonyl (C=O) groups is 1. The van der Waals surface area contributed by atoms with E-state index in [1.54, 1.807) is 7.05 Å². The minimum absolute atomic E-state index is 0.107. The van der Waals surface area contributed by atoms with Gasteiger partial charge < -0.3 is 21.1 Å². The fraction of sp³-hybridized carbons (Fsp3) is 0.333. The average Bonchev–Trinajstić information content (AvgIpc) is 2.70. The van der Waals surface area contributed by atoms with Gasteiger partial charge in [-0.2, -0.15) is 0 Å². The zero-order valence-electron chi connectivity index (χ0n) is 16.4. The molecule has 150 valence electrons. The Hall–Kier alpha value is -2.67. The Balaban J connectivity index is 1.68. The molecular formula is C21H28N4O2S. The SMILES string of the molecule is CN=C(NCCc1ccc(OCC(N)=O)cc1)NCC(C)Sc1ccccc1. The predicted molar refractivity (Wildman–Crippen MR) is 116 cm³/mol. The molecule has 28 heavy (non-hydrogen) atoms. The lowest BCUT2D eigenvalue weighted by Gasteiger charge is -2.16. The third-order valence-corrected chi connectivity index (χ3v) is 4.98. The lowest BCUT2D eigenvalue weighted by molar-refractivity contribution is -0.119. The molecule has 2 aromatic carbocycles. The molecule has 0 bridgehead atoms. The van der Waals surface area contributed by atoms with Crippen LogP contribution in [0.25, 0.3) is 0 Å². The van der Waals surface area contributed by atoms with Crippen LogP contribution in [0.2, 0.25) is 0 Å². The Morgan fingerprint density at radius 1 is 1.14 bits per heavy atom. The number of hydrogen-bond acceptors (Lipinski definition) is 4. The number of nitrogens with two attached hydrogens (primary N) is 1. The normalized spacial score (nSPS) is 12.3. The van der Waals surface area contributed by atoms with E-state index in [0.717, 1.165) is 25.5 Å². The van der Waals surface area contributed by atoms with Gasteiger partial charge in [0.15, 0.2) is 12.6 Å². The van der Waals surface area contributed by atoms with Crippen LogP contribution >= 0.6 is 11.8 Å². The monoisotopic (exact) mass is 400 g/mol. The van der Waals surface area contributed by atoms with Crippen LogP contribution in [0, 0.1) is 0 Å². The zero-order valence-corrected chi connectivity index (χ0v) is 17.2. The van der Waals surface area contributed by atoms with Crippen LogP contribution in [-0.2, 0) is 11.2 Å². The number of nitrogens with zero attached hydrogens (tertiary/aromatic N) is 1. The van der Waals surface area contributed by atoms with Gasteiger partial charge in [0, 0.05) is 30.3 Å². The van der Waals surface area contributed by atoms with Crippen LogP contribution in [0.15, 0.2) is 64.5 Å². The molecule has 1 amide bonds. The third kappa shape index (κ3) is 8.35. The second-order valence-corrected chi connectivity index (χ2v) is 7.78. The summed E-state index contributed by atoms with van der Waals surface area (Å²) in [6.07, 6.45) is 0.852. The van der Waals surface area contributed by atoms with Crippen molar-refractivity contribution in [2.75, 3.05) is 26.7 Å². The highest BCUT2D eigenvalue weighted by Crippen LogP contribution is 2.21. The molecule has 0 radical (unpaired) electrons. The van der Waals surface area contributed by atoms with Gasteiger partial charge in [0.25, 0.3) is 5.91 Å². The first-order valence-electron chi connectivity index (χ1n) is 9.23. The number of aliphatic imine (C=N–C) groups is 1. The number of nitrogens with one attached hydrogen (secondary N) is 2. The summed E-state index contributed by atoms with van der Waals surface area (Å²) in [7, 11) is 1.77. The van der Waals surface area contributed by atoms with E-state index in [-0.39, 0.29) is 6.61 Å². The van der Waals surface area contributed by atoms with Gasteiger partial charge in [0.05, 0.1) is 0 Å². The van der Waals surface area contributed by atoms with Gasteiger partial charge in [-0.3, -0.25) is 9.79 Å². The van der Waals surface area contributed by atoms with Crippen molar-refractivity contribution in [3.63, 3.8) is 0 Å². The highest BCUT2D eigenvalue weighted by atomic mass is 32.2. The molecule has 2 rings (SSSR count). The van der Waals surface area contributed by atoms with Gasteiger partial charge in [-0.05, 0) is 36.2 Å². The second-order valence-electron chi connectivity index (χ2n) is 6.27. The molecule has 0 spiro atoms. The van der Waals surface area contributed by atoms with Gasteiger partial charge >= 0.3 is 0 Å². The van der Waals surface area contributed by atoms with Crippen LogP contribution < -0.4 is 21.1 Å². The standard InChI is InChI=1S/C21H28N4O2S/c1-16(28-19-6-4-3-5-7-19)14-25-21(23-2)24-13-12-17-8-10-18(11-9-17)27-15-20(22)26/h3-11,16H,12-15H2,1-2H3,(H2,22,26)(H2,23,24,25). The molecule has 0 fully saturated rings. The fourth-order valence-electron chi connectivity index (χ4n) is 2.47. The Bertz CT molecular complexity index is 751. The van der Waals surface area contributed by atoms with Crippen LogP contribution in [0.5, 0.6) is 5.75 Å². The van der Waals surface area contributed by atoms with Gasteiger partial charge in [0.1, 0.15) is 5.75 Å². The summed E-state index contributed by atoms with van der Waals surface area (Å²) in [6.45, 7) is 3.68. The van der Waals surface area contributed by atoms with E-state index in [9.17, 15) is 4.79 Å². The molecule has 6 nitrogen and oxygen atoms in total. The highest BCUT2D eigenvalue weighted by Gasteiger charge is 2.06. The number of guanidine groups is 1. The lowest BCUT2D eigenvalue weighted by atomic mass is 10.1.